The summed E-state index contributed by atoms with van der Waals surface area (Å²) in [5.74, 6) is 0.536. The second-order valence-electron chi connectivity index (χ2n) is 5.36. The molecular weight excluding hydrogens is 230 g/mol. The standard InChI is InChI=1S/C18H23N/c1-14-8-7-11-18(12-14)16(3)19-13-15(2)17-9-5-4-6-10-17/h4-12,15-16,19H,13H2,1-3H3. The van der Waals surface area contributed by atoms with Crippen LogP contribution in [-0.2, 0) is 0 Å². The van der Waals surface area contributed by atoms with Gasteiger partial charge in [-0.05, 0) is 30.9 Å². The van der Waals surface area contributed by atoms with Crippen LogP contribution in [0.15, 0.2) is 54.6 Å². The Bertz CT molecular complexity index is 504. The summed E-state index contributed by atoms with van der Waals surface area (Å²) in [6, 6.07) is 19.8. The molecule has 0 spiro atoms. The first-order chi connectivity index (χ1) is 9.16. The van der Waals surface area contributed by atoms with Gasteiger partial charge in [-0.25, -0.2) is 0 Å². The molecule has 0 radical (unpaired) electrons. The minimum atomic E-state index is 0.395. The highest BCUT2D eigenvalue weighted by Crippen LogP contribution is 2.17. The average molecular weight is 253 g/mol. The molecule has 0 heterocycles. The van der Waals surface area contributed by atoms with E-state index >= 15 is 0 Å². The molecule has 0 saturated carbocycles. The maximum Gasteiger partial charge on any atom is 0.0292 e. The van der Waals surface area contributed by atoms with Gasteiger partial charge in [-0.15, -0.1) is 0 Å². The zero-order chi connectivity index (χ0) is 13.7. The number of benzene rings is 2. The summed E-state index contributed by atoms with van der Waals surface area (Å²) < 4.78 is 0. The summed E-state index contributed by atoms with van der Waals surface area (Å²) in [5, 5.41) is 3.62. The van der Waals surface area contributed by atoms with E-state index in [4.69, 9.17) is 0 Å². The quantitative estimate of drug-likeness (QED) is 0.830. The summed E-state index contributed by atoms with van der Waals surface area (Å²) in [6.45, 7) is 7.64. The third-order valence-corrected chi connectivity index (χ3v) is 3.64. The van der Waals surface area contributed by atoms with Crippen LogP contribution >= 0.6 is 0 Å². The highest BCUT2D eigenvalue weighted by Gasteiger charge is 2.08. The van der Waals surface area contributed by atoms with Crippen LogP contribution in [0.1, 0.15) is 42.5 Å². The molecule has 0 aliphatic heterocycles. The Labute approximate surface area is 116 Å². The molecule has 2 atom stereocenters. The zero-order valence-corrected chi connectivity index (χ0v) is 12.1. The third-order valence-electron chi connectivity index (χ3n) is 3.64. The number of rotatable bonds is 5. The lowest BCUT2D eigenvalue weighted by atomic mass is 10.00. The fraction of sp³-hybridized carbons (Fsp3) is 0.333. The normalized spacial score (nSPS) is 14.1. The van der Waals surface area contributed by atoms with Crippen molar-refractivity contribution >= 4 is 0 Å². The first-order valence-electron chi connectivity index (χ1n) is 7.01. The topological polar surface area (TPSA) is 12.0 Å². The molecular formula is C18H23N. The summed E-state index contributed by atoms with van der Waals surface area (Å²) in [5.41, 5.74) is 4.08. The van der Waals surface area contributed by atoms with Crippen molar-refractivity contribution in [2.75, 3.05) is 6.54 Å². The lowest BCUT2D eigenvalue weighted by molar-refractivity contribution is 0.537. The van der Waals surface area contributed by atoms with E-state index in [0.29, 0.717) is 12.0 Å². The Morgan fingerprint density at radius 1 is 0.895 bits per heavy atom. The van der Waals surface area contributed by atoms with Gasteiger partial charge >= 0.3 is 0 Å². The maximum atomic E-state index is 3.62. The molecule has 19 heavy (non-hydrogen) atoms. The van der Waals surface area contributed by atoms with Gasteiger partial charge in [0.05, 0.1) is 0 Å². The SMILES string of the molecule is Cc1cccc(C(C)NCC(C)c2ccccc2)c1. The number of nitrogens with one attached hydrogen (secondary N) is 1. The largest absolute Gasteiger partial charge is 0.310 e. The molecule has 1 heteroatoms. The summed E-state index contributed by atoms with van der Waals surface area (Å²) in [4.78, 5) is 0. The lowest BCUT2D eigenvalue weighted by Gasteiger charge is -2.18. The molecule has 0 aliphatic carbocycles. The van der Waals surface area contributed by atoms with E-state index in [-0.39, 0.29) is 0 Å². The van der Waals surface area contributed by atoms with Crippen molar-refractivity contribution in [1.29, 1.82) is 0 Å². The van der Waals surface area contributed by atoms with Gasteiger partial charge < -0.3 is 5.32 Å². The van der Waals surface area contributed by atoms with Crippen molar-refractivity contribution in [2.24, 2.45) is 0 Å². The number of aryl methyl sites for hydroxylation is 1. The van der Waals surface area contributed by atoms with E-state index < -0.39 is 0 Å². The van der Waals surface area contributed by atoms with E-state index in [2.05, 4.69) is 80.7 Å². The van der Waals surface area contributed by atoms with Gasteiger partial charge in [0.1, 0.15) is 0 Å². The van der Waals surface area contributed by atoms with Crippen LogP contribution in [0.2, 0.25) is 0 Å². The van der Waals surface area contributed by atoms with Crippen molar-refractivity contribution in [1.82, 2.24) is 5.32 Å². The van der Waals surface area contributed by atoms with Gasteiger partial charge in [-0.3, -0.25) is 0 Å². The van der Waals surface area contributed by atoms with Gasteiger partial charge in [0.25, 0.3) is 0 Å². The van der Waals surface area contributed by atoms with E-state index in [1.54, 1.807) is 0 Å². The smallest absolute Gasteiger partial charge is 0.0292 e. The van der Waals surface area contributed by atoms with Crippen molar-refractivity contribution < 1.29 is 0 Å². The Hall–Kier alpha value is -1.60. The Balaban J connectivity index is 1.92. The fourth-order valence-electron chi connectivity index (χ4n) is 2.31. The Kier molecular flexibility index (Phi) is 4.75. The number of hydrogen-bond acceptors (Lipinski definition) is 1. The van der Waals surface area contributed by atoms with E-state index in [1.165, 1.54) is 16.7 Å². The second-order valence-corrected chi connectivity index (χ2v) is 5.36. The first kappa shape index (κ1) is 13.8. The van der Waals surface area contributed by atoms with E-state index in [1.807, 2.05) is 0 Å². The van der Waals surface area contributed by atoms with Crippen molar-refractivity contribution in [3.8, 4) is 0 Å². The van der Waals surface area contributed by atoms with E-state index in [9.17, 15) is 0 Å². The molecule has 0 fully saturated rings. The molecule has 2 aromatic rings. The maximum absolute atomic E-state index is 3.62. The van der Waals surface area contributed by atoms with Crippen molar-refractivity contribution in [3.05, 3.63) is 71.3 Å². The van der Waals surface area contributed by atoms with Gasteiger partial charge in [-0.1, -0.05) is 67.1 Å². The Morgan fingerprint density at radius 3 is 2.26 bits per heavy atom. The Morgan fingerprint density at radius 2 is 1.58 bits per heavy atom. The van der Waals surface area contributed by atoms with Gasteiger partial charge in [-0.2, -0.15) is 0 Å². The minimum absolute atomic E-state index is 0.395. The molecule has 0 aliphatic rings. The fourth-order valence-corrected chi connectivity index (χ4v) is 2.31. The molecule has 100 valence electrons. The molecule has 2 aromatic carbocycles. The van der Waals surface area contributed by atoms with Crippen molar-refractivity contribution in [3.63, 3.8) is 0 Å². The number of hydrogen-bond donors (Lipinski definition) is 1. The molecule has 2 rings (SSSR count). The molecule has 0 amide bonds. The van der Waals surface area contributed by atoms with Crippen LogP contribution in [-0.4, -0.2) is 6.54 Å². The molecule has 1 nitrogen and oxygen atoms in total. The zero-order valence-electron chi connectivity index (χ0n) is 12.1. The third kappa shape index (κ3) is 3.93. The van der Waals surface area contributed by atoms with Crippen LogP contribution in [0.3, 0.4) is 0 Å². The summed E-state index contributed by atoms with van der Waals surface area (Å²) >= 11 is 0. The monoisotopic (exact) mass is 253 g/mol. The van der Waals surface area contributed by atoms with Crippen LogP contribution in [0.25, 0.3) is 0 Å². The predicted molar refractivity (Wildman–Crippen MR) is 82.5 cm³/mol. The minimum Gasteiger partial charge on any atom is -0.310 e. The summed E-state index contributed by atoms with van der Waals surface area (Å²) in [6.07, 6.45) is 0. The highest BCUT2D eigenvalue weighted by molar-refractivity contribution is 5.25. The van der Waals surface area contributed by atoms with Gasteiger partial charge in [0.2, 0.25) is 0 Å². The van der Waals surface area contributed by atoms with Crippen LogP contribution in [0.5, 0.6) is 0 Å². The van der Waals surface area contributed by atoms with E-state index in [0.717, 1.165) is 6.54 Å². The molecule has 0 saturated heterocycles. The molecule has 2 unspecified atom stereocenters. The summed E-state index contributed by atoms with van der Waals surface area (Å²) in [7, 11) is 0. The molecule has 0 aromatic heterocycles. The second kappa shape index (κ2) is 6.53. The van der Waals surface area contributed by atoms with Crippen molar-refractivity contribution in [2.45, 2.75) is 32.7 Å². The molecule has 1 N–H and O–H groups in total. The van der Waals surface area contributed by atoms with Crippen LogP contribution in [0.4, 0.5) is 0 Å². The van der Waals surface area contributed by atoms with Crippen LogP contribution in [0, 0.1) is 6.92 Å². The van der Waals surface area contributed by atoms with Gasteiger partial charge in [0, 0.05) is 12.6 Å². The van der Waals surface area contributed by atoms with Crippen LogP contribution < -0.4 is 5.32 Å². The highest BCUT2D eigenvalue weighted by atomic mass is 14.9. The molecule has 0 bridgehead atoms. The van der Waals surface area contributed by atoms with Gasteiger partial charge in [0.15, 0.2) is 0 Å². The predicted octanol–water partition coefficient (Wildman–Crippen LogP) is 4.45. The lowest BCUT2D eigenvalue weighted by Crippen LogP contribution is -2.23. The first-order valence-corrected chi connectivity index (χ1v) is 7.01. The average Bonchev–Trinajstić information content (AvgIpc) is 2.45.